The van der Waals surface area contributed by atoms with Gasteiger partial charge in [-0.15, -0.1) is 0 Å². The molecule has 21 heavy (non-hydrogen) atoms. The van der Waals surface area contributed by atoms with E-state index in [0.717, 1.165) is 56.8 Å². The molecular weight excluding hydrogens is 266 g/mol. The molecule has 0 radical (unpaired) electrons. The van der Waals surface area contributed by atoms with E-state index >= 15 is 0 Å². The van der Waals surface area contributed by atoms with E-state index in [4.69, 9.17) is 4.74 Å². The van der Waals surface area contributed by atoms with Gasteiger partial charge in [-0.05, 0) is 25.2 Å². The molecule has 1 N–H and O–H groups in total. The van der Waals surface area contributed by atoms with Crippen molar-refractivity contribution in [3.63, 3.8) is 0 Å². The zero-order valence-corrected chi connectivity index (χ0v) is 12.8. The minimum Gasteiger partial charge on any atom is -0.378 e. The molecule has 0 bridgehead atoms. The van der Waals surface area contributed by atoms with Crippen molar-refractivity contribution in [1.82, 2.24) is 4.98 Å². The number of rotatable bonds is 2. The second kappa shape index (κ2) is 6.52. The predicted molar refractivity (Wildman–Crippen MR) is 85.3 cm³/mol. The first-order valence-corrected chi connectivity index (χ1v) is 8.04. The lowest BCUT2D eigenvalue weighted by Gasteiger charge is -2.30. The van der Waals surface area contributed by atoms with Crippen LogP contribution < -0.4 is 15.4 Å². The topological polar surface area (TPSA) is 48.6 Å². The standard InChI is InChI=1S/C16H25N3O2/c1-13-3-2-5-19(6-4-13)15-11-14(12-16(20)17-15)18-7-9-21-10-8-18/h11-13H,2-10H2,1H3,(H,17,20). The quantitative estimate of drug-likeness (QED) is 0.903. The number of anilines is 2. The van der Waals surface area contributed by atoms with Gasteiger partial charge in [-0.1, -0.05) is 6.92 Å². The molecule has 1 unspecified atom stereocenters. The van der Waals surface area contributed by atoms with Crippen molar-refractivity contribution in [2.24, 2.45) is 5.92 Å². The second-order valence-corrected chi connectivity index (χ2v) is 6.21. The van der Waals surface area contributed by atoms with E-state index in [1.165, 1.54) is 19.3 Å². The largest absolute Gasteiger partial charge is 0.378 e. The predicted octanol–water partition coefficient (Wildman–Crippen LogP) is 1.84. The van der Waals surface area contributed by atoms with Crippen LogP contribution in [0.3, 0.4) is 0 Å². The lowest BCUT2D eigenvalue weighted by Crippen LogP contribution is -2.37. The molecular formula is C16H25N3O2. The molecule has 116 valence electrons. The van der Waals surface area contributed by atoms with Gasteiger partial charge < -0.3 is 19.5 Å². The number of morpholine rings is 1. The number of pyridine rings is 1. The first-order chi connectivity index (χ1) is 10.2. The third-order valence-corrected chi connectivity index (χ3v) is 4.55. The maximum absolute atomic E-state index is 12.0. The maximum Gasteiger partial charge on any atom is 0.251 e. The number of aromatic amines is 1. The summed E-state index contributed by atoms with van der Waals surface area (Å²) in [6, 6.07) is 3.83. The molecule has 2 saturated heterocycles. The number of H-pyrrole nitrogens is 1. The van der Waals surface area contributed by atoms with Gasteiger partial charge in [0.15, 0.2) is 0 Å². The average Bonchev–Trinajstić information content (AvgIpc) is 2.72. The minimum atomic E-state index is -0.00807. The highest BCUT2D eigenvalue weighted by Gasteiger charge is 2.17. The van der Waals surface area contributed by atoms with Crippen molar-refractivity contribution in [2.45, 2.75) is 26.2 Å². The molecule has 3 heterocycles. The van der Waals surface area contributed by atoms with Crippen molar-refractivity contribution in [3.8, 4) is 0 Å². The van der Waals surface area contributed by atoms with Gasteiger partial charge in [-0.3, -0.25) is 4.79 Å². The Bertz CT molecular complexity index is 522. The lowest BCUT2D eigenvalue weighted by molar-refractivity contribution is 0.122. The fourth-order valence-corrected chi connectivity index (χ4v) is 3.19. The number of ether oxygens (including phenoxy) is 1. The number of hydrogen-bond acceptors (Lipinski definition) is 4. The van der Waals surface area contributed by atoms with E-state index in [2.05, 4.69) is 27.8 Å². The van der Waals surface area contributed by atoms with Gasteiger partial charge in [0, 0.05) is 44.0 Å². The molecule has 5 heteroatoms. The molecule has 0 saturated carbocycles. The van der Waals surface area contributed by atoms with E-state index in [1.807, 2.05) is 0 Å². The van der Waals surface area contributed by atoms with Gasteiger partial charge in [0.2, 0.25) is 0 Å². The molecule has 2 aliphatic rings. The van der Waals surface area contributed by atoms with Crippen LogP contribution in [0.1, 0.15) is 26.2 Å². The first kappa shape index (κ1) is 14.4. The van der Waals surface area contributed by atoms with Crippen LogP contribution in [0, 0.1) is 5.92 Å². The van der Waals surface area contributed by atoms with Gasteiger partial charge in [0.05, 0.1) is 13.2 Å². The summed E-state index contributed by atoms with van der Waals surface area (Å²) in [6.45, 7) is 7.58. The molecule has 3 rings (SSSR count). The summed E-state index contributed by atoms with van der Waals surface area (Å²) in [6.07, 6.45) is 3.68. The summed E-state index contributed by atoms with van der Waals surface area (Å²) < 4.78 is 5.39. The van der Waals surface area contributed by atoms with Crippen LogP contribution in [0.5, 0.6) is 0 Å². The summed E-state index contributed by atoms with van der Waals surface area (Å²) in [4.78, 5) is 19.6. The zero-order chi connectivity index (χ0) is 14.7. The van der Waals surface area contributed by atoms with Gasteiger partial charge in [0.1, 0.15) is 5.82 Å². The van der Waals surface area contributed by atoms with Crippen LogP contribution in [-0.2, 0) is 4.74 Å². The smallest absolute Gasteiger partial charge is 0.251 e. The van der Waals surface area contributed by atoms with Crippen molar-refractivity contribution in [2.75, 3.05) is 49.2 Å². The zero-order valence-electron chi connectivity index (χ0n) is 12.8. The molecule has 1 aromatic rings. The molecule has 1 aromatic heterocycles. The Labute approximate surface area is 125 Å². The van der Waals surface area contributed by atoms with Crippen LogP contribution in [0.15, 0.2) is 16.9 Å². The molecule has 0 spiro atoms. The van der Waals surface area contributed by atoms with Gasteiger partial charge in [0.25, 0.3) is 5.56 Å². The van der Waals surface area contributed by atoms with Crippen molar-refractivity contribution in [1.29, 1.82) is 0 Å². The Morgan fingerprint density at radius 1 is 1.10 bits per heavy atom. The van der Waals surface area contributed by atoms with Gasteiger partial charge in [-0.25, -0.2) is 0 Å². The maximum atomic E-state index is 12.0. The van der Waals surface area contributed by atoms with Crippen LogP contribution in [0.2, 0.25) is 0 Å². The lowest BCUT2D eigenvalue weighted by atomic mass is 10.0. The molecule has 0 aliphatic carbocycles. The minimum absolute atomic E-state index is 0.00807. The monoisotopic (exact) mass is 291 g/mol. The Kier molecular flexibility index (Phi) is 4.48. The molecule has 1 atom stereocenters. The molecule has 0 aromatic carbocycles. The number of aromatic nitrogens is 1. The highest BCUT2D eigenvalue weighted by Crippen LogP contribution is 2.23. The summed E-state index contributed by atoms with van der Waals surface area (Å²) in [5.74, 6) is 1.75. The normalized spacial score (nSPS) is 24.0. The Hall–Kier alpha value is -1.49. The third kappa shape index (κ3) is 3.59. The van der Waals surface area contributed by atoms with Crippen molar-refractivity contribution < 1.29 is 4.74 Å². The Morgan fingerprint density at radius 2 is 1.90 bits per heavy atom. The Morgan fingerprint density at radius 3 is 2.71 bits per heavy atom. The van der Waals surface area contributed by atoms with Crippen molar-refractivity contribution in [3.05, 3.63) is 22.5 Å². The molecule has 0 amide bonds. The molecule has 2 fully saturated rings. The van der Waals surface area contributed by atoms with E-state index in [1.54, 1.807) is 6.07 Å². The third-order valence-electron chi connectivity index (χ3n) is 4.55. The second-order valence-electron chi connectivity index (χ2n) is 6.21. The van der Waals surface area contributed by atoms with Crippen molar-refractivity contribution >= 4 is 11.5 Å². The summed E-state index contributed by atoms with van der Waals surface area (Å²) in [7, 11) is 0. The van der Waals surface area contributed by atoms with E-state index in [9.17, 15) is 4.79 Å². The molecule has 5 nitrogen and oxygen atoms in total. The highest BCUT2D eigenvalue weighted by molar-refractivity contribution is 5.55. The number of nitrogens with zero attached hydrogens (tertiary/aromatic N) is 2. The van der Waals surface area contributed by atoms with Crippen LogP contribution in [-0.4, -0.2) is 44.4 Å². The summed E-state index contributed by atoms with van der Waals surface area (Å²) in [5, 5.41) is 0. The summed E-state index contributed by atoms with van der Waals surface area (Å²) >= 11 is 0. The number of hydrogen-bond donors (Lipinski definition) is 1. The van der Waals surface area contributed by atoms with Gasteiger partial charge >= 0.3 is 0 Å². The first-order valence-electron chi connectivity index (χ1n) is 8.04. The SMILES string of the molecule is CC1CCCN(c2cc(N3CCOCC3)cc(=O)[nH]2)CC1. The fraction of sp³-hybridized carbons (Fsp3) is 0.688. The average molecular weight is 291 g/mol. The van der Waals surface area contributed by atoms with Gasteiger partial charge in [-0.2, -0.15) is 0 Å². The van der Waals surface area contributed by atoms with E-state index < -0.39 is 0 Å². The van der Waals surface area contributed by atoms with Crippen LogP contribution in [0.25, 0.3) is 0 Å². The fourth-order valence-electron chi connectivity index (χ4n) is 3.19. The Balaban J connectivity index is 1.81. The van der Waals surface area contributed by atoms with Crippen LogP contribution >= 0.6 is 0 Å². The number of nitrogens with one attached hydrogen (secondary N) is 1. The van der Waals surface area contributed by atoms with E-state index in [0.29, 0.717) is 0 Å². The highest BCUT2D eigenvalue weighted by atomic mass is 16.5. The molecule has 2 aliphatic heterocycles. The van der Waals surface area contributed by atoms with E-state index in [-0.39, 0.29) is 5.56 Å². The van der Waals surface area contributed by atoms with Crippen LogP contribution in [0.4, 0.5) is 11.5 Å². The summed E-state index contributed by atoms with van der Waals surface area (Å²) in [5.41, 5.74) is 1.01.